The standard InChI is InChI=1S/C15H24BrN3OS/c1-10-5-7-15(9-16,8-6-10)17-13(20)11-12(14(2,3)4)18-19-21-11/h10H,5-9H2,1-4H3,(H,17,20). The molecule has 1 fully saturated rings. The molecule has 1 heterocycles. The zero-order valence-corrected chi connectivity index (χ0v) is 15.6. The minimum Gasteiger partial charge on any atom is -0.345 e. The molecule has 2 rings (SSSR count). The first-order valence-electron chi connectivity index (χ1n) is 7.49. The van der Waals surface area contributed by atoms with Crippen molar-refractivity contribution in [3.8, 4) is 0 Å². The number of halogens is 1. The summed E-state index contributed by atoms with van der Waals surface area (Å²) < 4.78 is 3.98. The van der Waals surface area contributed by atoms with Crippen molar-refractivity contribution in [3.05, 3.63) is 10.6 Å². The van der Waals surface area contributed by atoms with Gasteiger partial charge in [0.25, 0.3) is 5.91 Å². The third-order valence-electron chi connectivity index (χ3n) is 4.27. The maximum Gasteiger partial charge on any atom is 0.265 e. The summed E-state index contributed by atoms with van der Waals surface area (Å²) in [6, 6.07) is 0. The molecule has 0 saturated heterocycles. The number of rotatable bonds is 3. The van der Waals surface area contributed by atoms with Crippen LogP contribution in [0, 0.1) is 5.92 Å². The highest BCUT2D eigenvalue weighted by molar-refractivity contribution is 9.09. The average Bonchev–Trinajstić information content (AvgIpc) is 2.91. The summed E-state index contributed by atoms with van der Waals surface area (Å²) >= 11 is 4.79. The molecule has 1 amide bonds. The normalized spacial score (nSPS) is 26.6. The Labute approximate surface area is 139 Å². The average molecular weight is 374 g/mol. The van der Waals surface area contributed by atoms with Gasteiger partial charge in [0, 0.05) is 10.7 Å². The lowest BCUT2D eigenvalue weighted by atomic mass is 9.78. The lowest BCUT2D eigenvalue weighted by Crippen LogP contribution is -2.52. The number of amides is 1. The lowest BCUT2D eigenvalue weighted by Gasteiger charge is -2.39. The predicted molar refractivity (Wildman–Crippen MR) is 90.2 cm³/mol. The Morgan fingerprint density at radius 3 is 2.57 bits per heavy atom. The van der Waals surface area contributed by atoms with Gasteiger partial charge in [0.2, 0.25) is 0 Å². The maximum absolute atomic E-state index is 12.7. The largest absolute Gasteiger partial charge is 0.345 e. The highest BCUT2D eigenvalue weighted by atomic mass is 79.9. The van der Waals surface area contributed by atoms with E-state index in [4.69, 9.17) is 0 Å². The molecule has 1 aliphatic rings. The van der Waals surface area contributed by atoms with Crippen LogP contribution in [-0.2, 0) is 5.41 Å². The lowest BCUT2D eigenvalue weighted by molar-refractivity contribution is 0.0876. The van der Waals surface area contributed by atoms with Crippen LogP contribution in [0.3, 0.4) is 0 Å². The van der Waals surface area contributed by atoms with Crippen LogP contribution in [0.15, 0.2) is 0 Å². The fourth-order valence-corrected chi connectivity index (χ4v) is 4.21. The second-order valence-corrected chi connectivity index (χ2v) is 8.57. The second kappa shape index (κ2) is 6.32. The van der Waals surface area contributed by atoms with Gasteiger partial charge in [-0.2, -0.15) is 0 Å². The number of alkyl halides is 1. The first kappa shape index (κ1) is 16.9. The van der Waals surface area contributed by atoms with E-state index in [1.54, 1.807) is 0 Å². The molecule has 1 aromatic rings. The topological polar surface area (TPSA) is 54.9 Å². The first-order chi connectivity index (χ1) is 9.77. The summed E-state index contributed by atoms with van der Waals surface area (Å²) in [5.41, 5.74) is 0.504. The Balaban J connectivity index is 2.16. The third kappa shape index (κ3) is 3.83. The Kier molecular flexibility index (Phi) is 5.08. The van der Waals surface area contributed by atoms with Crippen molar-refractivity contribution < 1.29 is 4.79 Å². The molecule has 4 nitrogen and oxygen atoms in total. The second-order valence-electron chi connectivity index (χ2n) is 7.25. The summed E-state index contributed by atoms with van der Waals surface area (Å²) in [5, 5.41) is 8.22. The van der Waals surface area contributed by atoms with Crippen molar-refractivity contribution in [2.75, 3.05) is 5.33 Å². The van der Waals surface area contributed by atoms with E-state index < -0.39 is 0 Å². The SMILES string of the molecule is CC1CCC(CBr)(NC(=O)c2snnc2C(C)(C)C)CC1. The summed E-state index contributed by atoms with van der Waals surface area (Å²) in [5.74, 6) is 0.730. The molecule has 0 unspecified atom stereocenters. The smallest absolute Gasteiger partial charge is 0.265 e. The van der Waals surface area contributed by atoms with Gasteiger partial charge in [-0.05, 0) is 43.1 Å². The number of hydrogen-bond donors (Lipinski definition) is 1. The number of nitrogens with one attached hydrogen (secondary N) is 1. The molecule has 118 valence electrons. The van der Waals surface area contributed by atoms with Gasteiger partial charge in [0.05, 0.1) is 11.2 Å². The molecule has 1 saturated carbocycles. The number of hydrogen-bond acceptors (Lipinski definition) is 4. The third-order valence-corrected chi connectivity index (χ3v) is 6.07. The van der Waals surface area contributed by atoms with Gasteiger partial charge in [-0.3, -0.25) is 4.79 Å². The van der Waals surface area contributed by atoms with Crippen molar-refractivity contribution in [1.82, 2.24) is 14.9 Å². The fourth-order valence-electron chi connectivity index (χ4n) is 2.73. The zero-order valence-electron chi connectivity index (χ0n) is 13.2. The molecule has 0 aliphatic heterocycles. The Bertz CT molecular complexity index is 501. The van der Waals surface area contributed by atoms with Gasteiger partial charge in [0.15, 0.2) is 0 Å². The van der Waals surface area contributed by atoms with Gasteiger partial charge >= 0.3 is 0 Å². The van der Waals surface area contributed by atoms with Gasteiger partial charge in [0.1, 0.15) is 4.88 Å². The van der Waals surface area contributed by atoms with Crippen molar-refractivity contribution in [1.29, 1.82) is 0 Å². The van der Waals surface area contributed by atoms with Crippen LogP contribution in [0.25, 0.3) is 0 Å². The van der Waals surface area contributed by atoms with Crippen molar-refractivity contribution >= 4 is 33.4 Å². The molecule has 0 bridgehead atoms. The van der Waals surface area contributed by atoms with E-state index in [1.165, 1.54) is 24.4 Å². The summed E-state index contributed by atoms with van der Waals surface area (Å²) in [6.45, 7) is 8.46. The van der Waals surface area contributed by atoms with Gasteiger partial charge in [-0.25, -0.2) is 0 Å². The molecular weight excluding hydrogens is 350 g/mol. The molecule has 6 heteroatoms. The highest BCUT2D eigenvalue weighted by Gasteiger charge is 2.36. The van der Waals surface area contributed by atoms with E-state index in [9.17, 15) is 4.79 Å². The number of aromatic nitrogens is 2. The van der Waals surface area contributed by atoms with E-state index in [-0.39, 0.29) is 16.9 Å². The van der Waals surface area contributed by atoms with Gasteiger partial charge < -0.3 is 5.32 Å². The van der Waals surface area contributed by atoms with E-state index in [2.05, 4.69) is 58.5 Å². The monoisotopic (exact) mass is 373 g/mol. The zero-order chi connectivity index (χ0) is 15.7. The van der Waals surface area contributed by atoms with Gasteiger partial charge in [-0.15, -0.1) is 5.10 Å². The Hall–Kier alpha value is -0.490. The van der Waals surface area contributed by atoms with Crippen molar-refractivity contribution in [2.24, 2.45) is 5.92 Å². The minimum absolute atomic E-state index is 0.0241. The predicted octanol–water partition coefficient (Wildman–Crippen LogP) is 3.91. The Morgan fingerprint density at radius 1 is 1.43 bits per heavy atom. The van der Waals surface area contributed by atoms with E-state index in [0.29, 0.717) is 4.88 Å². The first-order valence-corrected chi connectivity index (χ1v) is 9.38. The molecule has 0 aromatic carbocycles. The van der Waals surface area contributed by atoms with Crippen LogP contribution in [0.4, 0.5) is 0 Å². The molecular formula is C15H24BrN3OS. The maximum atomic E-state index is 12.7. The highest BCUT2D eigenvalue weighted by Crippen LogP contribution is 2.34. The van der Waals surface area contributed by atoms with Crippen LogP contribution in [0.5, 0.6) is 0 Å². The Morgan fingerprint density at radius 2 is 2.05 bits per heavy atom. The summed E-state index contributed by atoms with van der Waals surface area (Å²) in [4.78, 5) is 13.3. The molecule has 1 aliphatic carbocycles. The number of carbonyl (C=O) groups is 1. The minimum atomic E-state index is -0.164. The molecule has 1 N–H and O–H groups in total. The quantitative estimate of drug-likeness (QED) is 0.817. The van der Waals surface area contributed by atoms with E-state index in [1.807, 2.05) is 0 Å². The molecule has 0 atom stereocenters. The van der Waals surface area contributed by atoms with Crippen LogP contribution in [0.2, 0.25) is 0 Å². The van der Waals surface area contributed by atoms with Crippen LogP contribution in [-0.4, -0.2) is 26.4 Å². The summed E-state index contributed by atoms with van der Waals surface area (Å²) in [6.07, 6.45) is 4.39. The van der Waals surface area contributed by atoms with Gasteiger partial charge in [-0.1, -0.05) is 48.1 Å². The molecule has 0 radical (unpaired) electrons. The van der Waals surface area contributed by atoms with Crippen molar-refractivity contribution in [3.63, 3.8) is 0 Å². The van der Waals surface area contributed by atoms with Crippen molar-refractivity contribution in [2.45, 2.75) is 64.3 Å². The van der Waals surface area contributed by atoms with E-state index >= 15 is 0 Å². The van der Waals surface area contributed by atoms with Crippen LogP contribution in [0.1, 0.15) is 68.7 Å². The molecule has 21 heavy (non-hydrogen) atoms. The number of carbonyl (C=O) groups excluding carboxylic acids is 1. The summed E-state index contributed by atoms with van der Waals surface area (Å²) in [7, 11) is 0. The fraction of sp³-hybridized carbons (Fsp3) is 0.800. The van der Waals surface area contributed by atoms with E-state index in [0.717, 1.165) is 29.8 Å². The van der Waals surface area contributed by atoms with Crippen LogP contribution >= 0.6 is 27.5 Å². The molecule has 0 spiro atoms. The molecule has 1 aromatic heterocycles. The number of nitrogens with zero attached hydrogens (tertiary/aromatic N) is 2. The van der Waals surface area contributed by atoms with Crippen LogP contribution < -0.4 is 5.32 Å².